The number of aromatic nitrogens is 1. The molecule has 5 nitrogen and oxygen atoms in total. The minimum atomic E-state index is -1.16. The van der Waals surface area contributed by atoms with Gasteiger partial charge in [-0.2, -0.15) is 0 Å². The molecule has 0 unspecified atom stereocenters. The maximum atomic E-state index is 11.9. The van der Waals surface area contributed by atoms with Gasteiger partial charge in [-0.05, 0) is 24.3 Å². The van der Waals surface area contributed by atoms with E-state index in [1.165, 1.54) is 18.3 Å². The lowest BCUT2D eigenvalue weighted by Gasteiger charge is -2.06. The van der Waals surface area contributed by atoms with Crippen molar-refractivity contribution in [1.29, 1.82) is 0 Å². The molecule has 2 aromatic rings. The summed E-state index contributed by atoms with van der Waals surface area (Å²) >= 11 is 1.62. The Labute approximate surface area is 126 Å². The maximum absolute atomic E-state index is 11.9. The summed E-state index contributed by atoms with van der Waals surface area (Å²) in [5.74, 6) is -0.932. The predicted molar refractivity (Wildman–Crippen MR) is 80.7 cm³/mol. The summed E-state index contributed by atoms with van der Waals surface area (Å²) in [7, 11) is 0. The largest absolute Gasteiger partial charge is 0.478 e. The third-order valence-electron chi connectivity index (χ3n) is 2.65. The van der Waals surface area contributed by atoms with E-state index in [9.17, 15) is 9.59 Å². The van der Waals surface area contributed by atoms with Gasteiger partial charge in [0.1, 0.15) is 5.69 Å². The van der Waals surface area contributed by atoms with Crippen LogP contribution in [0.5, 0.6) is 0 Å². The normalized spacial score (nSPS) is 10.1. The monoisotopic (exact) mass is 302 g/mol. The number of amides is 1. The van der Waals surface area contributed by atoms with Crippen LogP contribution in [0.25, 0.3) is 0 Å². The van der Waals surface area contributed by atoms with Crippen molar-refractivity contribution in [1.82, 2.24) is 10.3 Å². The number of hydrogen-bond acceptors (Lipinski definition) is 4. The Kier molecular flexibility index (Phi) is 5.34. The Morgan fingerprint density at radius 1 is 1.14 bits per heavy atom. The first-order chi connectivity index (χ1) is 10.2. The van der Waals surface area contributed by atoms with Gasteiger partial charge in [-0.3, -0.25) is 9.78 Å². The van der Waals surface area contributed by atoms with Crippen molar-refractivity contribution in [2.24, 2.45) is 0 Å². The molecule has 0 spiro atoms. The highest BCUT2D eigenvalue weighted by Gasteiger charge is 2.16. The molecule has 21 heavy (non-hydrogen) atoms. The number of hydrogen-bond donors (Lipinski definition) is 2. The average Bonchev–Trinajstić information content (AvgIpc) is 2.52. The Balaban J connectivity index is 1.86. The van der Waals surface area contributed by atoms with Crippen molar-refractivity contribution in [3.05, 3.63) is 59.9 Å². The summed E-state index contributed by atoms with van der Waals surface area (Å²) < 4.78 is 0. The molecule has 0 radical (unpaired) electrons. The highest BCUT2D eigenvalue weighted by molar-refractivity contribution is 7.99. The van der Waals surface area contributed by atoms with Gasteiger partial charge in [-0.1, -0.05) is 18.2 Å². The van der Waals surface area contributed by atoms with E-state index >= 15 is 0 Å². The zero-order valence-electron chi connectivity index (χ0n) is 11.2. The van der Waals surface area contributed by atoms with Crippen molar-refractivity contribution in [3.8, 4) is 0 Å². The molecule has 2 N–H and O–H groups in total. The lowest BCUT2D eigenvalue weighted by atomic mass is 10.2. The van der Waals surface area contributed by atoms with Crippen LogP contribution in [0.3, 0.4) is 0 Å². The number of carboxylic acid groups (broad SMARTS) is 1. The van der Waals surface area contributed by atoms with Gasteiger partial charge in [0.2, 0.25) is 0 Å². The molecule has 0 saturated heterocycles. The van der Waals surface area contributed by atoms with Gasteiger partial charge < -0.3 is 10.4 Å². The highest BCUT2D eigenvalue weighted by atomic mass is 32.2. The number of pyridine rings is 1. The van der Waals surface area contributed by atoms with Crippen LogP contribution in [0.4, 0.5) is 0 Å². The second-order valence-electron chi connectivity index (χ2n) is 4.12. The second-order valence-corrected chi connectivity index (χ2v) is 5.29. The van der Waals surface area contributed by atoms with Gasteiger partial charge in [0.15, 0.2) is 0 Å². The maximum Gasteiger partial charge on any atom is 0.338 e. The van der Waals surface area contributed by atoms with Crippen molar-refractivity contribution < 1.29 is 14.7 Å². The second kappa shape index (κ2) is 7.44. The third-order valence-corrected chi connectivity index (χ3v) is 3.67. The molecule has 0 aliphatic heterocycles. The summed E-state index contributed by atoms with van der Waals surface area (Å²) in [5.41, 5.74) is -0.152. The Bertz CT molecular complexity index is 632. The first-order valence-corrected chi connectivity index (χ1v) is 7.31. The van der Waals surface area contributed by atoms with E-state index in [2.05, 4.69) is 10.3 Å². The third kappa shape index (κ3) is 4.32. The summed E-state index contributed by atoms with van der Waals surface area (Å²) in [6, 6.07) is 12.7. The number of carboxylic acids is 1. The first-order valence-electron chi connectivity index (χ1n) is 6.33. The Morgan fingerprint density at radius 2 is 1.90 bits per heavy atom. The van der Waals surface area contributed by atoms with E-state index in [0.29, 0.717) is 12.3 Å². The minimum absolute atomic E-state index is 0.0605. The number of nitrogens with one attached hydrogen (secondary N) is 1. The summed E-state index contributed by atoms with van der Waals surface area (Å²) in [5, 5.41) is 11.7. The molecule has 0 bridgehead atoms. The SMILES string of the molecule is O=C(O)c1cccnc1C(=O)NCCSc1ccccc1. The quantitative estimate of drug-likeness (QED) is 0.632. The number of nitrogens with zero attached hydrogens (tertiary/aromatic N) is 1. The number of carbonyl (C=O) groups is 2. The number of thioether (sulfide) groups is 1. The van der Waals surface area contributed by atoms with Crippen molar-refractivity contribution >= 4 is 23.6 Å². The fraction of sp³-hybridized carbons (Fsp3) is 0.133. The van der Waals surface area contributed by atoms with Gasteiger partial charge in [-0.15, -0.1) is 11.8 Å². The van der Waals surface area contributed by atoms with E-state index in [1.807, 2.05) is 30.3 Å². The van der Waals surface area contributed by atoms with Gasteiger partial charge in [0.25, 0.3) is 5.91 Å². The number of carbonyl (C=O) groups excluding carboxylic acids is 1. The zero-order valence-corrected chi connectivity index (χ0v) is 12.0. The fourth-order valence-corrected chi connectivity index (χ4v) is 2.48. The van der Waals surface area contributed by atoms with Gasteiger partial charge in [0, 0.05) is 23.4 Å². The van der Waals surface area contributed by atoms with E-state index < -0.39 is 11.9 Å². The molecule has 6 heteroatoms. The van der Waals surface area contributed by atoms with E-state index in [0.717, 1.165) is 4.90 Å². The van der Waals surface area contributed by atoms with Crippen LogP contribution in [-0.4, -0.2) is 34.3 Å². The molecule has 0 atom stereocenters. The number of aromatic carboxylic acids is 1. The minimum Gasteiger partial charge on any atom is -0.478 e. The fourth-order valence-electron chi connectivity index (χ4n) is 1.69. The molecule has 1 aromatic heterocycles. The predicted octanol–water partition coefficient (Wildman–Crippen LogP) is 2.30. The highest BCUT2D eigenvalue weighted by Crippen LogP contribution is 2.15. The van der Waals surface area contributed by atoms with Crippen molar-refractivity contribution in [2.75, 3.05) is 12.3 Å². The molecule has 1 amide bonds. The van der Waals surface area contributed by atoms with Crippen LogP contribution in [0.1, 0.15) is 20.8 Å². The topological polar surface area (TPSA) is 79.3 Å². The number of benzene rings is 1. The Morgan fingerprint density at radius 3 is 2.62 bits per heavy atom. The molecule has 0 fully saturated rings. The lowest BCUT2D eigenvalue weighted by molar-refractivity contribution is 0.0690. The molecule has 2 rings (SSSR count). The first kappa shape index (κ1) is 15.1. The number of rotatable bonds is 6. The van der Waals surface area contributed by atoms with Crippen LogP contribution < -0.4 is 5.32 Å². The molecule has 0 aliphatic carbocycles. The van der Waals surface area contributed by atoms with Gasteiger partial charge >= 0.3 is 5.97 Å². The zero-order chi connectivity index (χ0) is 15.1. The lowest BCUT2D eigenvalue weighted by Crippen LogP contribution is -2.28. The van der Waals surface area contributed by atoms with E-state index in [4.69, 9.17) is 5.11 Å². The smallest absolute Gasteiger partial charge is 0.338 e. The van der Waals surface area contributed by atoms with Crippen LogP contribution in [0.2, 0.25) is 0 Å². The van der Waals surface area contributed by atoms with Crippen molar-refractivity contribution in [2.45, 2.75) is 4.90 Å². The molecule has 0 aliphatic rings. The van der Waals surface area contributed by atoms with E-state index in [1.54, 1.807) is 11.8 Å². The van der Waals surface area contributed by atoms with Crippen LogP contribution >= 0.6 is 11.8 Å². The Hall–Kier alpha value is -2.34. The molecular formula is C15H14N2O3S. The molecule has 0 saturated carbocycles. The standard InChI is InChI=1S/C15H14N2O3S/c18-14(13-12(15(19)20)7-4-8-16-13)17-9-10-21-11-5-2-1-3-6-11/h1-8H,9-10H2,(H,17,18)(H,19,20). The van der Waals surface area contributed by atoms with Crippen molar-refractivity contribution in [3.63, 3.8) is 0 Å². The van der Waals surface area contributed by atoms with Gasteiger partial charge in [-0.25, -0.2) is 4.79 Å². The molecular weight excluding hydrogens is 288 g/mol. The molecule has 1 aromatic carbocycles. The van der Waals surface area contributed by atoms with Crippen LogP contribution in [0.15, 0.2) is 53.6 Å². The van der Waals surface area contributed by atoms with Crippen LogP contribution in [0, 0.1) is 0 Å². The summed E-state index contributed by atoms with van der Waals surface area (Å²) in [6.45, 7) is 0.439. The van der Waals surface area contributed by atoms with Crippen LogP contribution in [-0.2, 0) is 0 Å². The summed E-state index contributed by atoms with van der Waals surface area (Å²) in [4.78, 5) is 27.9. The average molecular weight is 302 g/mol. The van der Waals surface area contributed by atoms with E-state index in [-0.39, 0.29) is 11.3 Å². The molecule has 108 valence electrons. The van der Waals surface area contributed by atoms with Gasteiger partial charge in [0.05, 0.1) is 5.56 Å². The summed E-state index contributed by atoms with van der Waals surface area (Å²) in [6.07, 6.45) is 1.40. The molecule has 1 heterocycles.